The van der Waals surface area contributed by atoms with Gasteiger partial charge < -0.3 is 10.2 Å². The molecule has 2 rings (SSSR count). The number of rotatable bonds is 3. The van der Waals surface area contributed by atoms with E-state index in [9.17, 15) is 18.0 Å². The number of carbonyl (C=O) groups is 1. The van der Waals surface area contributed by atoms with Gasteiger partial charge in [-0.05, 0) is 37.5 Å². The predicted molar refractivity (Wildman–Crippen MR) is 70.7 cm³/mol. The Balaban J connectivity index is 2.34. The van der Waals surface area contributed by atoms with Gasteiger partial charge in [0.05, 0.1) is 11.1 Å². The summed E-state index contributed by atoms with van der Waals surface area (Å²) in [4.78, 5) is 13.9. The van der Waals surface area contributed by atoms with Crippen LogP contribution in [0.15, 0.2) is 18.2 Å². The maximum Gasteiger partial charge on any atom is 0.416 e. The highest BCUT2D eigenvalue weighted by molar-refractivity contribution is 6.00. The normalized spacial score (nSPS) is 15.7. The summed E-state index contributed by atoms with van der Waals surface area (Å²) in [6.45, 7) is 0. The smallest absolute Gasteiger partial charge is 0.387 e. The first kappa shape index (κ1) is 14.7. The second-order valence-corrected chi connectivity index (χ2v) is 5.01. The standard InChI is InChI=1S/C14H17F3N2O/c1-18-12-7-6-9(14(15,16)17)8-11(12)13(20)19(2)10-4-3-5-10/h6-8,10,18H,3-5H2,1-2H3. The minimum Gasteiger partial charge on any atom is -0.387 e. The third-order valence-electron chi connectivity index (χ3n) is 3.79. The molecule has 3 nitrogen and oxygen atoms in total. The summed E-state index contributed by atoms with van der Waals surface area (Å²) in [5.41, 5.74) is -0.326. The number of carbonyl (C=O) groups excluding carboxylic acids is 1. The summed E-state index contributed by atoms with van der Waals surface area (Å²) in [5, 5.41) is 2.77. The number of hydrogen-bond acceptors (Lipinski definition) is 2. The quantitative estimate of drug-likeness (QED) is 0.924. The van der Waals surface area contributed by atoms with E-state index < -0.39 is 11.7 Å². The Morgan fingerprint density at radius 1 is 1.35 bits per heavy atom. The molecule has 1 amide bonds. The number of benzene rings is 1. The summed E-state index contributed by atoms with van der Waals surface area (Å²) in [7, 11) is 3.23. The number of nitrogens with one attached hydrogen (secondary N) is 1. The van der Waals surface area contributed by atoms with Crippen molar-refractivity contribution in [2.24, 2.45) is 0 Å². The molecule has 1 N–H and O–H groups in total. The van der Waals surface area contributed by atoms with Crippen LogP contribution in [0.2, 0.25) is 0 Å². The molecule has 0 atom stereocenters. The zero-order valence-corrected chi connectivity index (χ0v) is 11.4. The van der Waals surface area contributed by atoms with Crippen molar-refractivity contribution in [1.29, 1.82) is 0 Å². The maximum atomic E-state index is 12.8. The van der Waals surface area contributed by atoms with Crippen molar-refractivity contribution < 1.29 is 18.0 Å². The molecule has 0 bridgehead atoms. The second-order valence-electron chi connectivity index (χ2n) is 5.01. The van der Waals surface area contributed by atoms with E-state index in [-0.39, 0.29) is 17.5 Å². The molecular weight excluding hydrogens is 269 g/mol. The number of hydrogen-bond donors (Lipinski definition) is 1. The van der Waals surface area contributed by atoms with Crippen LogP contribution in [0.25, 0.3) is 0 Å². The van der Waals surface area contributed by atoms with E-state index in [0.29, 0.717) is 5.69 Å². The molecule has 1 fully saturated rings. The largest absolute Gasteiger partial charge is 0.416 e. The first-order valence-electron chi connectivity index (χ1n) is 6.50. The van der Waals surface area contributed by atoms with E-state index in [0.717, 1.165) is 31.4 Å². The lowest BCUT2D eigenvalue weighted by Gasteiger charge is -2.35. The molecule has 0 aromatic heterocycles. The van der Waals surface area contributed by atoms with Crippen molar-refractivity contribution in [3.05, 3.63) is 29.3 Å². The minimum atomic E-state index is -4.45. The first-order valence-corrected chi connectivity index (χ1v) is 6.50. The van der Waals surface area contributed by atoms with Gasteiger partial charge in [0.1, 0.15) is 0 Å². The second kappa shape index (κ2) is 5.34. The molecule has 1 aliphatic rings. The van der Waals surface area contributed by atoms with E-state index in [1.54, 1.807) is 19.0 Å². The van der Waals surface area contributed by atoms with E-state index in [2.05, 4.69) is 5.32 Å². The van der Waals surface area contributed by atoms with Gasteiger partial charge in [-0.1, -0.05) is 0 Å². The molecular formula is C14H17F3N2O. The zero-order chi connectivity index (χ0) is 14.9. The summed E-state index contributed by atoms with van der Waals surface area (Å²) in [6, 6.07) is 3.33. The lowest BCUT2D eigenvalue weighted by molar-refractivity contribution is -0.137. The van der Waals surface area contributed by atoms with E-state index >= 15 is 0 Å². The summed E-state index contributed by atoms with van der Waals surface area (Å²) in [5.74, 6) is -0.370. The van der Waals surface area contributed by atoms with Gasteiger partial charge in [-0.15, -0.1) is 0 Å². The Hall–Kier alpha value is -1.72. The fraction of sp³-hybridized carbons (Fsp3) is 0.500. The van der Waals surface area contributed by atoms with Crippen LogP contribution in [0.4, 0.5) is 18.9 Å². The predicted octanol–water partition coefficient (Wildman–Crippen LogP) is 3.37. The van der Waals surface area contributed by atoms with E-state index in [1.165, 1.54) is 6.07 Å². The highest BCUT2D eigenvalue weighted by atomic mass is 19.4. The molecule has 0 radical (unpaired) electrons. The lowest BCUT2D eigenvalue weighted by atomic mass is 9.91. The number of alkyl halides is 3. The monoisotopic (exact) mass is 286 g/mol. The average molecular weight is 286 g/mol. The van der Waals surface area contributed by atoms with Crippen LogP contribution in [0.1, 0.15) is 35.2 Å². The molecule has 1 aromatic carbocycles. The lowest BCUT2D eigenvalue weighted by Crippen LogP contribution is -2.41. The van der Waals surface area contributed by atoms with Gasteiger partial charge in [0.25, 0.3) is 5.91 Å². The molecule has 0 heterocycles. The van der Waals surface area contributed by atoms with Crippen LogP contribution in [-0.4, -0.2) is 30.9 Å². The van der Waals surface area contributed by atoms with Crippen molar-refractivity contribution >= 4 is 11.6 Å². The third-order valence-corrected chi connectivity index (χ3v) is 3.79. The Morgan fingerprint density at radius 3 is 2.45 bits per heavy atom. The molecule has 0 aliphatic heterocycles. The zero-order valence-electron chi connectivity index (χ0n) is 11.4. The van der Waals surface area contributed by atoms with Gasteiger partial charge in [-0.2, -0.15) is 13.2 Å². The fourth-order valence-corrected chi connectivity index (χ4v) is 2.25. The Bertz CT molecular complexity index is 510. The summed E-state index contributed by atoms with van der Waals surface area (Å²) >= 11 is 0. The van der Waals surface area contributed by atoms with Crippen molar-refractivity contribution in [3.8, 4) is 0 Å². The van der Waals surface area contributed by atoms with Crippen LogP contribution < -0.4 is 5.32 Å². The molecule has 6 heteroatoms. The van der Waals surface area contributed by atoms with Crippen LogP contribution in [0.5, 0.6) is 0 Å². The summed E-state index contributed by atoms with van der Waals surface area (Å²) in [6.07, 6.45) is -1.56. The Labute approximate surface area is 115 Å². The highest BCUT2D eigenvalue weighted by Gasteiger charge is 2.33. The van der Waals surface area contributed by atoms with Gasteiger partial charge in [-0.3, -0.25) is 4.79 Å². The Morgan fingerprint density at radius 2 is 2.00 bits per heavy atom. The van der Waals surface area contributed by atoms with E-state index in [4.69, 9.17) is 0 Å². The number of halogens is 3. The maximum absolute atomic E-state index is 12.8. The van der Waals surface area contributed by atoms with Crippen LogP contribution >= 0.6 is 0 Å². The molecule has 0 spiro atoms. The van der Waals surface area contributed by atoms with Gasteiger partial charge in [-0.25, -0.2) is 0 Å². The highest BCUT2D eigenvalue weighted by Crippen LogP contribution is 2.33. The average Bonchev–Trinajstić information content (AvgIpc) is 2.33. The molecule has 1 saturated carbocycles. The first-order chi connectivity index (χ1) is 9.34. The number of anilines is 1. The van der Waals surface area contributed by atoms with Crippen LogP contribution in [0, 0.1) is 0 Å². The number of amides is 1. The van der Waals surface area contributed by atoms with Crippen LogP contribution in [-0.2, 0) is 6.18 Å². The van der Waals surface area contributed by atoms with Crippen molar-refractivity contribution in [2.75, 3.05) is 19.4 Å². The van der Waals surface area contributed by atoms with Crippen molar-refractivity contribution in [3.63, 3.8) is 0 Å². The van der Waals surface area contributed by atoms with Gasteiger partial charge in [0.15, 0.2) is 0 Å². The molecule has 1 aromatic rings. The molecule has 0 saturated heterocycles. The molecule has 1 aliphatic carbocycles. The van der Waals surface area contributed by atoms with Gasteiger partial charge in [0.2, 0.25) is 0 Å². The molecule has 110 valence electrons. The topological polar surface area (TPSA) is 32.3 Å². The van der Waals surface area contributed by atoms with Gasteiger partial charge in [0, 0.05) is 25.8 Å². The van der Waals surface area contributed by atoms with Crippen molar-refractivity contribution in [2.45, 2.75) is 31.5 Å². The third kappa shape index (κ3) is 2.73. The van der Waals surface area contributed by atoms with Gasteiger partial charge >= 0.3 is 6.18 Å². The minimum absolute atomic E-state index is 0.0664. The fourth-order valence-electron chi connectivity index (χ4n) is 2.25. The van der Waals surface area contributed by atoms with Crippen molar-refractivity contribution in [1.82, 2.24) is 4.90 Å². The Kier molecular flexibility index (Phi) is 3.92. The van der Waals surface area contributed by atoms with Crippen LogP contribution in [0.3, 0.4) is 0 Å². The summed E-state index contributed by atoms with van der Waals surface area (Å²) < 4.78 is 38.3. The molecule has 0 unspecified atom stereocenters. The molecule has 20 heavy (non-hydrogen) atoms. The van der Waals surface area contributed by atoms with E-state index in [1.807, 2.05) is 0 Å². The number of nitrogens with zero attached hydrogens (tertiary/aromatic N) is 1. The SMILES string of the molecule is CNc1ccc(C(F)(F)F)cc1C(=O)N(C)C1CCC1.